The summed E-state index contributed by atoms with van der Waals surface area (Å²) < 4.78 is 67.9. The first-order valence-electron chi connectivity index (χ1n) is 8.92. The van der Waals surface area contributed by atoms with Crippen LogP contribution in [-0.4, -0.2) is 21.9 Å². The van der Waals surface area contributed by atoms with Crippen LogP contribution in [-0.2, 0) is 12.6 Å². The van der Waals surface area contributed by atoms with Gasteiger partial charge >= 0.3 is 6.18 Å². The molecule has 2 aliphatic rings. The summed E-state index contributed by atoms with van der Waals surface area (Å²) in [6.07, 6.45) is -0.245. The molecule has 0 saturated carbocycles. The molecular weight excluding hydrogens is 429 g/mol. The van der Waals surface area contributed by atoms with Gasteiger partial charge in [0, 0.05) is 17.8 Å². The molecule has 156 valence electrons. The topological polar surface area (TPSA) is 64.3 Å². The zero-order valence-electron chi connectivity index (χ0n) is 15.1. The van der Waals surface area contributed by atoms with E-state index in [0.29, 0.717) is 36.1 Å². The highest BCUT2D eigenvalue weighted by Crippen LogP contribution is 2.44. The van der Waals surface area contributed by atoms with Crippen LogP contribution in [0.4, 0.5) is 27.6 Å². The molecule has 5 nitrogen and oxygen atoms in total. The second-order valence-electron chi connectivity index (χ2n) is 6.98. The number of guanidine groups is 1. The molecule has 1 fully saturated rings. The van der Waals surface area contributed by atoms with E-state index in [2.05, 4.69) is 15.3 Å². The Labute approximate surface area is 172 Å². The Kier molecular flexibility index (Phi) is 5.02. The van der Waals surface area contributed by atoms with Gasteiger partial charge in [0.25, 0.3) is 0 Å². The van der Waals surface area contributed by atoms with Crippen LogP contribution < -0.4 is 5.32 Å². The van der Waals surface area contributed by atoms with Gasteiger partial charge in [0.05, 0.1) is 16.6 Å². The van der Waals surface area contributed by atoms with Crippen molar-refractivity contribution >= 4 is 23.2 Å². The number of hydrogen-bond acceptors (Lipinski definition) is 3. The molecule has 11 heteroatoms. The standard InChI is InChI=1S/C19H13ClF5N5/c20-13-7-14(21)15(6-12(13)19(23,24)25)29-18(28-8-26)30-9-1-2-16(30)10-3-4-27-17(22)11(10)5-9/h3-4,6-7,9,16H,1-2,5H2,(H,28,29)/t9-,16+/m0/s1. The van der Waals surface area contributed by atoms with Crippen molar-refractivity contribution in [3.8, 4) is 6.19 Å². The molecule has 0 unspecified atom stereocenters. The van der Waals surface area contributed by atoms with E-state index < -0.39 is 34.2 Å². The Morgan fingerprint density at radius 3 is 2.77 bits per heavy atom. The van der Waals surface area contributed by atoms with Crippen molar-refractivity contribution in [3.63, 3.8) is 0 Å². The lowest BCUT2D eigenvalue weighted by Gasteiger charge is -2.37. The molecule has 0 radical (unpaired) electrons. The molecule has 1 N–H and O–H groups in total. The molecular formula is C19H13ClF5N5. The van der Waals surface area contributed by atoms with E-state index in [1.807, 2.05) is 0 Å². The van der Waals surface area contributed by atoms with Gasteiger partial charge in [-0.15, -0.1) is 0 Å². The fourth-order valence-electron chi connectivity index (χ4n) is 4.09. The second-order valence-corrected chi connectivity index (χ2v) is 7.39. The van der Waals surface area contributed by atoms with Gasteiger partial charge in [-0.2, -0.15) is 22.8 Å². The van der Waals surface area contributed by atoms with Crippen LogP contribution in [0, 0.1) is 23.2 Å². The first-order valence-corrected chi connectivity index (χ1v) is 9.30. The average Bonchev–Trinajstić information content (AvgIpc) is 2.97. The van der Waals surface area contributed by atoms with Gasteiger partial charge in [-0.3, -0.25) is 5.32 Å². The monoisotopic (exact) mass is 441 g/mol. The van der Waals surface area contributed by atoms with Gasteiger partial charge in [0.15, 0.2) is 6.19 Å². The number of rotatable bonds is 1. The lowest BCUT2D eigenvalue weighted by Crippen LogP contribution is -2.47. The van der Waals surface area contributed by atoms with Crippen LogP contribution in [0.3, 0.4) is 0 Å². The minimum Gasteiger partial charge on any atom is -0.331 e. The minimum absolute atomic E-state index is 0.109. The number of pyridine rings is 1. The minimum atomic E-state index is -4.80. The summed E-state index contributed by atoms with van der Waals surface area (Å²) in [7, 11) is 0. The van der Waals surface area contributed by atoms with Crippen LogP contribution in [0.1, 0.15) is 35.6 Å². The van der Waals surface area contributed by atoms with E-state index in [1.54, 1.807) is 17.2 Å². The second kappa shape index (κ2) is 7.40. The van der Waals surface area contributed by atoms with Gasteiger partial charge in [0.1, 0.15) is 11.5 Å². The number of alkyl halides is 3. The number of aromatic nitrogens is 1. The Bertz CT molecular complexity index is 1080. The third kappa shape index (κ3) is 3.43. The zero-order valence-corrected chi connectivity index (χ0v) is 15.9. The molecule has 4 rings (SSSR count). The smallest absolute Gasteiger partial charge is 0.331 e. The molecule has 3 heterocycles. The Balaban J connectivity index is 1.80. The van der Waals surface area contributed by atoms with E-state index in [-0.39, 0.29) is 24.5 Å². The fourth-order valence-corrected chi connectivity index (χ4v) is 4.35. The maximum absolute atomic E-state index is 14.3. The average molecular weight is 442 g/mol. The molecule has 2 atom stereocenters. The van der Waals surface area contributed by atoms with Gasteiger partial charge < -0.3 is 4.90 Å². The zero-order chi connectivity index (χ0) is 21.6. The van der Waals surface area contributed by atoms with E-state index in [9.17, 15) is 22.0 Å². The number of nitrogens with one attached hydrogen (secondary N) is 1. The number of nitrogens with zero attached hydrogens (tertiary/aromatic N) is 4. The maximum atomic E-state index is 14.3. The SMILES string of the molecule is N#CNC(=Nc1cc(C(F)(F)F)c(Cl)cc1F)N1[C@H]2CC[C@@H]1c1ccnc(F)c1C2. The van der Waals surface area contributed by atoms with Crippen LogP contribution in [0.25, 0.3) is 0 Å². The van der Waals surface area contributed by atoms with E-state index in [0.717, 1.165) is 0 Å². The number of benzene rings is 1. The molecule has 0 spiro atoms. The molecule has 2 bridgehead atoms. The predicted molar refractivity (Wildman–Crippen MR) is 97.8 cm³/mol. The van der Waals surface area contributed by atoms with E-state index in [4.69, 9.17) is 16.9 Å². The molecule has 0 aliphatic carbocycles. The van der Waals surface area contributed by atoms with Gasteiger partial charge in [-0.1, -0.05) is 11.6 Å². The van der Waals surface area contributed by atoms with E-state index >= 15 is 0 Å². The predicted octanol–water partition coefficient (Wildman–Crippen LogP) is 4.85. The lowest BCUT2D eigenvalue weighted by atomic mass is 9.95. The first kappa shape index (κ1) is 20.3. The molecule has 1 aromatic carbocycles. The highest BCUT2D eigenvalue weighted by molar-refractivity contribution is 6.31. The highest BCUT2D eigenvalue weighted by Gasteiger charge is 2.43. The van der Waals surface area contributed by atoms with Crippen molar-refractivity contribution in [1.82, 2.24) is 15.2 Å². The van der Waals surface area contributed by atoms with Crippen LogP contribution in [0.15, 0.2) is 29.4 Å². The van der Waals surface area contributed by atoms with E-state index in [1.165, 1.54) is 6.20 Å². The van der Waals surface area contributed by atoms with Crippen LogP contribution in [0.2, 0.25) is 5.02 Å². The van der Waals surface area contributed by atoms with Crippen LogP contribution in [0.5, 0.6) is 0 Å². The van der Waals surface area contributed by atoms with Crippen molar-refractivity contribution in [2.45, 2.75) is 37.5 Å². The summed E-state index contributed by atoms with van der Waals surface area (Å²) in [6.45, 7) is 0. The third-order valence-corrected chi connectivity index (χ3v) is 5.63. The normalized spacial score (nSPS) is 20.7. The number of hydrogen-bond donors (Lipinski definition) is 1. The Morgan fingerprint density at radius 1 is 1.30 bits per heavy atom. The maximum Gasteiger partial charge on any atom is 0.417 e. The van der Waals surface area contributed by atoms with Crippen molar-refractivity contribution in [2.24, 2.45) is 4.99 Å². The Morgan fingerprint density at radius 2 is 2.07 bits per heavy atom. The molecule has 0 amide bonds. The van der Waals surface area contributed by atoms with Crippen LogP contribution >= 0.6 is 11.6 Å². The summed E-state index contributed by atoms with van der Waals surface area (Å²) in [5, 5.41) is 10.7. The summed E-state index contributed by atoms with van der Waals surface area (Å²) in [4.78, 5) is 9.34. The Hall–Kier alpha value is -2.93. The molecule has 2 aliphatic heterocycles. The number of halogens is 6. The highest BCUT2D eigenvalue weighted by atomic mass is 35.5. The quantitative estimate of drug-likeness (QED) is 0.171. The summed E-state index contributed by atoms with van der Waals surface area (Å²) in [6, 6.07) is 2.06. The van der Waals surface area contributed by atoms with Crippen molar-refractivity contribution in [1.29, 1.82) is 5.26 Å². The lowest BCUT2D eigenvalue weighted by molar-refractivity contribution is -0.137. The largest absolute Gasteiger partial charge is 0.417 e. The van der Waals surface area contributed by atoms with Gasteiger partial charge in [0.2, 0.25) is 11.9 Å². The molecule has 1 aromatic heterocycles. The first-order chi connectivity index (χ1) is 14.2. The van der Waals surface area contributed by atoms with Gasteiger partial charge in [-0.25, -0.2) is 14.4 Å². The van der Waals surface area contributed by atoms with Gasteiger partial charge in [-0.05, 0) is 43.0 Å². The van der Waals surface area contributed by atoms with Crippen molar-refractivity contribution < 1.29 is 22.0 Å². The van der Waals surface area contributed by atoms with Crippen molar-refractivity contribution in [3.05, 3.63) is 57.9 Å². The molecule has 30 heavy (non-hydrogen) atoms. The summed E-state index contributed by atoms with van der Waals surface area (Å²) >= 11 is 5.53. The summed E-state index contributed by atoms with van der Waals surface area (Å²) in [5.41, 5.74) is -0.720. The van der Waals surface area contributed by atoms with Crippen molar-refractivity contribution in [2.75, 3.05) is 0 Å². The number of nitriles is 1. The molecule has 2 aromatic rings. The fraction of sp³-hybridized carbons (Fsp3) is 0.316. The summed E-state index contributed by atoms with van der Waals surface area (Å²) in [5.74, 6) is -1.75. The number of aliphatic imine (C=N–C) groups is 1. The third-order valence-electron chi connectivity index (χ3n) is 5.32. The molecule has 1 saturated heterocycles. The number of fused-ring (bicyclic) bond motifs is 4.